The van der Waals surface area contributed by atoms with Gasteiger partial charge in [0.05, 0.1) is 12.2 Å². The second kappa shape index (κ2) is 11.1. The van der Waals surface area contributed by atoms with Gasteiger partial charge in [0.2, 0.25) is 0 Å². The Hall–Kier alpha value is -1.76. The van der Waals surface area contributed by atoms with Crippen LogP contribution in [0.15, 0.2) is 73.3 Å². The fourth-order valence-corrected chi connectivity index (χ4v) is 10.2. The maximum Gasteiger partial charge on any atom is 0.261 e. The summed E-state index contributed by atoms with van der Waals surface area (Å²) >= 11 is 0. The average Bonchev–Trinajstić information content (AvgIpc) is 2.82. The van der Waals surface area contributed by atoms with E-state index in [-0.39, 0.29) is 35.2 Å². The zero-order chi connectivity index (χ0) is 25.9. The molecule has 0 aliphatic carbocycles. The lowest BCUT2D eigenvalue weighted by Crippen LogP contribution is -2.67. The highest BCUT2D eigenvalue weighted by Gasteiger charge is 2.51. The minimum atomic E-state index is -2.61. The minimum Gasteiger partial charge on any atom is -0.407 e. The van der Waals surface area contributed by atoms with Crippen molar-refractivity contribution >= 4 is 18.7 Å². The molecule has 1 fully saturated rings. The Kier molecular flexibility index (Phi) is 8.82. The Morgan fingerprint density at radius 1 is 0.971 bits per heavy atom. The molecule has 3 rings (SSSR count). The summed E-state index contributed by atoms with van der Waals surface area (Å²) in [5.74, 6) is -0.448. The average molecular weight is 497 g/mol. The molecule has 1 saturated heterocycles. The van der Waals surface area contributed by atoms with Crippen LogP contribution in [-0.2, 0) is 18.6 Å². The van der Waals surface area contributed by atoms with E-state index in [2.05, 4.69) is 102 Å². The molecular formula is C30H44O4Si. The van der Waals surface area contributed by atoms with E-state index in [1.165, 1.54) is 10.4 Å². The molecule has 0 spiro atoms. The van der Waals surface area contributed by atoms with Gasteiger partial charge in [-0.2, -0.15) is 0 Å². The molecule has 0 N–H and O–H groups in total. The number of rotatable bonds is 9. The second-order valence-corrected chi connectivity index (χ2v) is 15.6. The Morgan fingerprint density at radius 3 is 1.89 bits per heavy atom. The van der Waals surface area contributed by atoms with Gasteiger partial charge in [0.25, 0.3) is 8.32 Å². The highest BCUT2D eigenvalue weighted by molar-refractivity contribution is 6.99. The van der Waals surface area contributed by atoms with Crippen LogP contribution in [0, 0.1) is 11.8 Å². The first kappa shape index (κ1) is 27.8. The van der Waals surface area contributed by atoms with Crippen LogP contribution in [0.2, 0.25) is 5.04 Å². The van der Waals surface area contributed by atoms with Gasteiger partial charge in [-0.15, -0.1) is 6.58 Å². The monoisotopic (exact) mass is 496 g/mol. The van der Waals surface area contributed by atoms with Crippen molar-refractivity contribution in [2.45, 2.75) is 77.6 Å². The van der Waals surface area contributed by atoms with Gasteiger partial charge >= 0.3 is 0 Å². The summed E-state index contributed by atoms with van der Waals surface area (Å²) < 4.78 is 25.7. The van der Waals surface area contributed by atoms with E-state index in [1.54, 1.807) is 7.11 Å². The summed E-state index contributed by atoms with van der Waals surface area (Å²) in [5.41, 5.74) is 0. The van der Waals surface area contributed by atoms with Crippen LogP contribution < -0.4 is 10.4 Å². The van der Waals surface area contributed by atoms with Gasteiger partial charge < -0.3 is 18.6 Å². The largest absolute Gasteiger partial charge is 0.407 e. The lowest BCUT2D eigenvalue weighted by Gasteiger charge is -2.49. The van der Waals surface area contributed by atoms with E-state index in [0.29, 0.717) is 6.61 Å². The maximum atomic E-state index is 7.21. The molecule has 0 radical (unpaired) electrons. The quantitative estimate of drug-likeness (QED) is 0.337. The predicted octanol–water partition coefficient (Wildman–Crippen LogP) is 5.56. The molecule has 1 heterocycles. The standard InChI is InChI=1S/C30H44O4Si/c1-10-26(31-9)28-23(3)27(33-30(7,8)34-28)22(2)21-32-35(29(4,5)6,24-17-13-11-14-18-24)25-19-15-12-16-20-25/h10-20,22-23,26-28H,1,21H2,2-9H3/t22-,23+,26+,27+,28-/m1/s1. The topological polar surface area (TPSA) is 36.9 Å². The number of hydrogen-bond acceptors (Lipinski definition) is 4. The van der Waals surface area contributed by atoms with E-state index < -0.39 is 14.1 Å². The summed E-state index contributed by atoms with van der Waals surface area (Å²) in [6, 6.07) is 21.6. The van der Waals surface area contributed by atoms with Gasteiger partial charge in [-0.05, 0) is 29.3 Å². The summed E-state index contributed by atoms with van der Waals surface area (Å²) in [6.07, 6.45) is 1.45. The van der Waals surface area contributed by atoms with Crippen molar-refractivity contribution in [3.05, 3.63) is 73.3 Å². The normalized spacial score (nSPS) is 24.5. The van der Waals surface area contributed by atoms with Crippen LogP contribution in [0.1, 0.15) is 48.5 Å². The van der Waals surface area contributed by atoms with Crippen LogP contribution in [-0.4, -0.2) is 46.1 Å². The van der Waals surface area contributed by atoms with Crippen molar-refractivity contribution < 1.29 is 18.6 Å². The van der Waals surface area contributed by atoms with Crippen molar-refractivity contribution in [3.63, 3.8) is 0 Å². The van der Waals surface area contributed by atoms with Gasteiger partial charge in [0.1, 0.15) is 6.10 Å². The highest BCUT2D eigenvalue weighted by atomic mass is 28.4. The Balaban J connectivity index is 1.96. The summed E-state index contributed by atoms with van der Waals surface area (Å²) in [7, 11) is -0.910. The van der Waals surface area contributed by atoms with Gasteiger partial charge in [-0.25, -0.2) is 0 Å². The number of methoxy groups -OCH3 is 1. The molecule has 0 amide bonds. The fraction of sp³-hybridized carbons (Fsp3) is 0.533. The highest BCUT2D eigenvalue weighted by Crippen LogP contribution is 2.40. The smallest absolute Gasteiger partial charge is 0.261 e. The minimum absolute atomic E-state index is 0.0421. The molecule has 1 aliphatic heterocycles. The molecule has 0 aromatic heterocycles. The first-order valence-corrected chi connectivity index (χ1v) is 14.6. The van der Waals surface area contributed by atoms with E-state index in [1.807, 2.05) is 19.9 Å². The SMILES string of the molecule is C=C[C@H](OC)[C@@H]1OC(C)(C)O[C@@H]([C@H](C)CO[Si](c2ccccc2)(c2ccccc2)C(C)(C)C)[C@@H]1C. The molecule has 35 heavy (non-hydrogen) atoms. The van der Waals surface area contributed by atoms with Crippen LogP contribution in [0.3, 0.4) is 0 Å². The number of ether oxygens (including phenoxy) is 3. The Labute approximate surface area is 213 Å². The molecular weight excluding hydrogens is 452 g/mol. The lowest BCUT2D eigenvalue weighted by molar-refractivity contribution is -0.338. The van der Waals surface area contributed by atoms with E-state index in [9.17, 15) is 0 Å². The van der Waals surface area contributed by atoms with Crippen molar-refractivity contribution in [1.29, 1.82) is 0 Å². The van der Waals surface area contributed by atoms with E-state index in [4.69, 9.17) is 18.6 Å². The second-order valence-electron chi connectivity index (χ2n) is 11.3. The molecule has 2 aromatic carbocycles. The lowest BCUT2D eigenvalue weighted by atomic mass is 9.85. The van der Waals surface area contributed by atoms with Crippen molar-refractivity contribution in [2.75, 3.05) is 13.7 Å². The molecule has 5 heteroatoms. The van der Waals surface area contributed by atoms with Gasteiger partial charge in [-0.3, -0.25) is 0 Å². The van der Waals surface area contributed by atoms with Crippen LogP contribution in [0.5, 0.6) is 0 Å². The van der Waals surface area contributed by atoms with Gasteiger partial charge in [0, 0.05) is 25.6 Å². The molecule has 4 nitrogen and oxygen atoms in total. The van der Waals surface area contributed by atoms with Crippen molar-refractivity contribution in [2.24, 2.45) is 11.8 Å². The zero-order valence-electron chi connectivity index (χ0n) is 22.8. The molecule has 0 bridgehead atoms. The van der Waals surface area contributed by atoms with Crippen LogP contribution in [0.25, 0.3) is 0 Å². The van der Waals surface area contributed by atoms with Crippen molar-refractivity contribution in [1.82, 2.24) is 0 Å². The fourth-order valence-electron chi connectivity index (χ4n) is 5.56. The molecule has 2 aromatic rings. The summed E-state index contributed by atoms with van der Waals surface area (Å²) in [5, 5.41) is 2.51. The molecule has 1 aliphatic rings. The number of benzene rings is 2. The Bertz CT molecular complexity index is 898. The summed E-state index contributed by atoms with van der Waals surface area (Å²) in [6.45, 7) is 19.8. The Morgan fingerprint density at radius 2 is 1.46 bits per heavy atom. The summed E-state index contributed by atoms with van der Waals surface area (Å²) in [4.78, 5) is 0. The number of hydrogen-bond donors (Lipinski definition) is 0. The predicted molar refractivity (Wildman–Crippen MR) is 147 cm³/mol. The third kappa shape index (κ3) is 5.81. The third-order valence-corrected chi connectivity index (χ3v) is 12.2. The molecule has 0 unspecified atom stereocenters. The van der Waals surface area contributed by atoms with Crippen LogP contribution in [0.4, 0.5) is 0 Å². The third-order valence-electron chi connectivity index (χ3n) is 7.24. The molecule has 0 saturated carbocycles. The van der Waals surface area contributed by atoms with E-state index in [0.717, 1.165) is 0 Å². The maximum absolute atomic E-state index is 7.21. The first-order valence-electron chi connectivity index (χ1n) is 12.7. The zero-order valence-corrected chi connectivity index (χ0v) is 23.8. The molecule has 5 atom stereocenters. The van der Waals surface area contributed by atoms with Crippen molar-refractivity contribution in [3.8, 4) is 0 Å². The van der Waals surface area contributed by atoms with Crippen LogP contribution >= 0.6 is 0 Å². The molecule has 192 valence electrons. The first-order chi connectivity index (χ1) is 16.5. The van der Waals surface area contributed by atoms with Gasteiger partial charge in [0.15, 0.2) is 5.79 Å². The van der Waals surface area contributed by atoms with E-state index >= 15 is 0 Å². The van der Waals surface area contributed by atoms with Gasteiger partial charge in [-0.1, -0.05) is 101 Å².